The third kappa shape index (κ3) is 2.48. The van der Waals surface area contributed by atoms with Crippen LogP contribution in [0.25, 0.3) is 0 Å². The minimum Gasteiger partial charge on any atom is -0.433 e. The zero-order chi connectivity index (χ0) is 8.27. The summed E-state index contributed by atoms with van der Waals surface area (Å²) >= 11 is 0. The number of ether oxygens (including phenoxy) is 3. The lowest BCUT2D eigenvalue weighted by atomic mass is 10.5. The molecule has 0 N–H and O–H groups in total. The minimum absolute atomic E-state index is 0.209. The second-order valence-corrected chi connectivity index (χ2v) is 2.35. The molecule has 0 saturated carbocycles. The van der Waals surface area contributed by atoms with Crippen LogP contribution in [-0.2, 0) is 19.0 Å². The number of carbonyl (C=O) groups excluding carboxylic acids is 1. The molecule has 0 aromatic heterocycles. The Labute approximate surface area is 65.4 Å². The number of hydrogen-bond donors (Lipinski definition) is 0. The Hall–Kier alpha value is -0.610. The highest BCUT2D eigenvalue weighted by atomic mass is 16.8. The number of hydrogen-bond acceptors (Lipinski definition) is 4. The van der Waals surface area contributed by atoms with Gasteiger partial charge in [0, 0.05) is 6.92 Å². The standard InChI is InChI=1S/C7H12O4/c1-3-6-9-4-7(11-6)10-5(2)8/h6-7H,3-4H2,1-2H3/t6-,7?/m1/s1. The van der Waals surface area contributed by atoms with Crippen molar-refractivity contribution in [3.63, 3.8) is 0 Å². The maximum absolute atomic E-state index is 10.4. The van der Waals surface area contributed by atoms with Gasteiger partial charge in [-0.3, -0.25) is 4.79 Å². The molecule has 1 rings (SSSR count). The summed E-state index contributed by atoms with van der Waals surface area (Å²) in [4.78, 5) is 10.4. The summed E-state index contributed by atoms with van der Waals surface area (Å²) in [6.45, 7) is 3.64. The van der Waals surface area contributed by atoms with E-state index >= 15 is 0 Å². The van der Waals surface area contributed by atoms with Gasteiger partial charge in [0.25, 0.3) is 0 Å². The molecule has 0 aliphatic carbocycles. The molecule has 1 aliphatic heterocycles. The predicted octanol–water partition coefficient (Wildman–Crippen LogP) is 0.659. The van der Waals surface area contributed by atoms with Crippen LogP contribution in [0.2, 0.25) is 0 Å². The largest absolute Gasteiger partial charge is 0.433 e. The molecule has 4 heteroatoms. The number of rotatable bonds is 2. The van der Waals surface area contributed by atoms with E-state index in [1.807, 2.05) is 6.92 Å². The lowest BCUT2D eigenvalue weighted by molar-refractivity contribution is -0.173. The average Bonchev–Trinajstić information content (AvgIpc) is 2.34. The normalized spacial score (nSPS) is 30.4. The Morgan fingerprint density at radius 1 is 1.73 bits per heavy atom. The first-order valence-electron chi connectivity index (χ1n) is 3.66. The summed E-state index contributed by atoms with van der Waals surface area (Å²) in [6.07, 6.45) is 0.0643. The molecule has 2 atom stereocenters. The first kappa shape index (κ1) is 8.49. The van der Waals surface area contributed by atoms with Crippen LogP contribution >= 0.6 is 0 Å². The lowest BCUT2D eigenvalue weighted by Gasteiger charge is -2.08. The molecule has 0 aromatic carbocycles. The van der Waals surface area contributed by atoms with Crippen LogP contribution in [0.15, 0.2) is 0 Å². The van der Waals surface area contributed by atoms with E-state index in [1.54, 1.807) is 0 Å². The first-order valence-corrected chi connectivity index (χ1v) is 3.66. The molecule has 1 saturated heterocycles. The summed E-state index contributed by atoms with van der Waals surface area (Å²) < 4.78 is 15.0. The van der Waals surface area contributed by atoms with E-state index in [9.17, 15) is 4.79 Å². The van der Waals surface area contributed by atoms with Gasteiger partial charge >= 0.3 is 5.97 Å². The Morgan fingerprint density at radius 2 is 2.45 bits per heavy atom. The summed E-state index contributed by atoms with van der Waals surface area (Å²) in [6, 6.07) is 0. The Bertz CT molecular complexity index is 145. The smallest absolute Gasteiger partial charge is 0.305 e. The van der Waals surface area contributed by atoms with Crippen molar-refractivity contribution in [3.8, 4) is 0 Å². The average molecular weight is 160 g/mol. The van der Waals surface area contributed by atoms with Gasteiger partial charge in [-0.25, -0.2) is 0 Å². The SMILES string of the molecule is CC[C@@H]1OCC(OC(C)=O)O1. The molecule has 0 bridgehead atoms. The van der Waals surface area contributed by atoms with Crippen molar-refractivity contribution in [3.05, 3.63) is 0 Å². The Morgan fingerprint density at radius 3 is 2.91 bits per heavy atom. The third-order valence-corrected chi connectivity index (χ3v) is 1.35. The van der Waals surface area contributed by atoms with Crippen molar-refractivity contribution in [2.75, 3.05) is 6.61 Å². The van der Waals surface area contributed by atoms with Gasteiger partial charge in [0.05, 0.1) is 0 Å². The van der Waals surface area contributed by atoms with Crippen LogP contribution in [-0.4, -0.2) is 25.2 Å². The van der Waals surface area contributed by atoms with Gasteiger partial charge in [-0.1, -0.05) is 6.92 Å². The maximum atomic E-state index is 10.4. The topological polar surface area (TPSA) is 44.8 Å². The molecule has 4 nitrogen and oxygen atoms in total. The van der Waals surface area contributed by atoms with Crippen LogP contribution in [0.1, 0.15) is 20.3 Å². The monoisotopic (exact) mass is 160 g/mol. The molecule has 0 radical (unpaired) electrons. The van der Waals surface area contributed by atoms with E-state index in [2.05, 4.69) is 0 Å². The van der Waals surface area contributed by atoms with E-state index in [0.29, 0.717) is 6.61 Å². The fraction of sp³-hybridized carbons (Fsp3) is 0.857. The van der Waals surface area contributed by atoms with Gasteiger partial charge in [-0.15, -0.1) is 0 Å². The highest BCUT2D eigenvalue weighted by molar-refractivity contribution is 5.66. The zero-order valence-electron chi connectivity index (χ0n) is 6.70. The fourth-order valence-electron chi connectivity index (χ4n) is 0.895. The molecule has 1 unspecified atom stereocenters. The van der Waals surface area contributed by atoms with Gasteiger partial charge in [-0.2, -0.15) is 0 Å². The molecule has 1 heterocycles. The van der Waals surface area contributed by atoms with Crippen LogP contribution in [0, 0.1) is 0 Å². The van der Waals surface area contributed by atoms with Crippen molar-refractivity contribution in [1.29, 1.82) is 0 Å². The maximum Gasteiger partial charge on any atom is 0.305 e. The van der Waals surface area contributed by atoms with Crippen molar-refractivity contribution >= 4 is 5.97 Å². The van der Waals surface area contributed by atoms with Crippen molar-refractivity contribution in [2.45, 2.75) is 32.8 Å². The Kier molecular flexibility index (Phi) is 2.84. The quantitative estimate of drug-likeness (QED) is 0.556. The van der Waals surface area contributed by atoms with E-state index in [1.165, 1.54) is 6.92 Å². The molecule has 0 spiro atoms. The minimum atomic E-state index is -0.502. The fourth-order valence-corrected chi connectivity index (χ4v) is 0.895. The van der Waals surface area contributed by atoms with E-state index in [-0.39, 0.29) is 12.3 Å². The third-order valence-electron chi connectivity index (χ3n) is 1.35. The molecule has 11 heavy (non-hydrogen) atoms. The van der Waals surface area contributed by atoms with E-state index in [0.717, 1.165) is 6.42 Å². The molecule has 1 aliphatic rings. The van der Waals surface area contributed by atoms with Gasteiger partial charge in [-0.05, 0) is 6.42 Å². The molecule has 0 amide bonds. The van der Waals surface area contributed by atoms with Gasteiger partial charge in [0.2, 0.25) is 6.29 Å². The van der Waals surface area contributed by atoms with Crippen LogP contribution in [0.4, 0.5) is 0 Å². The highest BCUT2D eigenvalue weighted by Crippen LogP contribution is 2.14. The van der Waals surface area contributed by atoms with Crippen LogP contribution < -0.4 is 0 Å². The van der Waals surface area contributed by atoms with Gasteiger partial charge < -0.3 is 14.2 Å². The number of esters is 1. The van der Waals surface area contributed by atoms with Crippen molar-refractivity contribution in [2.24, 2.45) is 0 Å². The highest BCUT2D eigenvalue weighted by Gasteiger charge is 2.26. The second kappa shape index (κ2) is 3.69. The van der Waals surface area contributed by atoms with Crippen LogP contribution in [0.5, 0.6) is 0 Å². The molecular formula is C7H12O4. The van der Waals surface area contributed by atoms with Gasteiger partial charge in [0.15, 0.2) is 6.29 Å². The predicted molar refractivity (Wildman–Crippen MR) is 36.7 cm³/mol. The summed E-state index contributed by atoms with van der Waals surface area (Å²) in [5.41, 5.74) is 0. The molecule has 1 fully saturated rings. The lowest BCUT2D eigenvalue weighted by Crippen LogP contribution is -2.18. The van der Waals surface area contributed by atoms with Gasteiger partial charge in [0.1, 0.15) is 6.61 Å². The molecule has 0 aromatic rings. The first-order chi connectivity index (χ1) is 5.22. The molecular weight excluding hydrogens is 148 g/mol. The number of carbonyl (C=O) groups is 1. The van der Waals surface area contributed by atoms with Crippen molar-refractivity contribution in [1.82, 2.24) is 0 Å². The van der Waals surface area contributed by atoms with Crippen LogP contribution in [0.3, 0.4) is 0 Å². The van der Waals surface area contributed by atoms with E-state index < -0.39 is 6.29 Å². The second-order valence-electron chi connectivity index (χ2n) is 2.35. The van der Waals surface area contributed by atoms with E-state index in [4.69, 9.17) is 14.2 Å². The summed E-state index contributed by atoms with van der Waals surface area (Å²) in [5.74, 6) is -0.338. The summed E-state index contributed by atoms with van der Waals surface area (Å²) in [7, 11) is 0. The van der Waals surface area contributed by atoms with Crippen molar-refractivity contribution < 1.29 is 19.0 Å². The zero-order valence-corrected chi connectivity index (χ0v) is 6.70. The molecule has 64 valence electrons. The Balaban J connectivity index is 2.24. The summed E-state index contributed by atoms with van der Waals surface area (Å²) in [5, 5.41) is 0.